The third-order valence-electron chi connectivity index (χ3n) is 9.97. The van der Waals surface area contributed by atoms with Gasteiger partial charge in [-0.25, -0.2) is 0 Å². The van der Waals surface area contributed by atoms with Crippen LogP contribution in [0.2, 0.25) is 0 Å². The Morgan fingerprint density at radius 2 is 1.20 bits per heavy atom. The summed E-state index contributed by atoms with van der Waals surface area (Å²) in [4.78, 5) is 13.3. The van der Waals surface area contributed by atoms with Crippen LogP contribution in [0.4, 0.5) is 0 Å². The highest BCUT2D eigenvalue weighted by atomic mass is 16.3. The number of hydrogen-bond acceptors (Lipinski definition) is 5. The van der Waals surface area contributed by atoms with E-state index in [1.807, 2.05) is 6.07 Å². The predicted molar refractivity (Wildman–Crippen MR) is 242 cm³/mol. The summed E-state index contributed by atoms with van der Waals surface area (Å²) in [6.45, 7) is 0. The summed E-state index contributed by atoms with van der Waals surface area (Å²) < 4.78 is 174. The Balaban J connectivity index is 1.14. The van der Waals surface area contributed by atoms with E-state index >= 15 is 0 Å². The minimum absolute atomic E-state index is 0.0259. The van der Waals surface area contributed by atoms with Gasteiger partial charge in [0.1, 0.15) is 11.2 Å². The molecule has 4 heterocycles. The highest BCUT2D eigenvalue weighted by Gasteiger charge is 2.23. The first-order valence-electron chi connectivity index (χ1n) is 28.1. The minimum atomic E-state index is -3.49. The van der Waals surface area contributed by atoms with E-state index < -0.39 is 90.8 Å². The van der Waals surface area contributed by atoms with Crippen LogP contribution in [0.25, 0.3) is 55.7 Å². The first-order chi connectivity index (χ1) is 36.5. The molecule has 1 aliphatic rings. The van der Waals surface area contributed by atoms with Gasteiger partial charge < -0.3 is 4.42 Å². The van der Waals surface area contributed by atoms with Crippen LogP contribution in [0.5, 0.6) is 0 Å². The minimum Gasteiger partial charge on any atom is -0.455 e. The van der Waals surface area contributed by atoms with E-state index in [9.17, 15) is 27.2 Å². The molecule has 4 aromatic heterocycles. The van der Waals surface area contributed by atoms with Gasteiger partial charge in [-0.05, 0) is 138 Å². The molecule has 0 amide bonds. The summed E-state index contributed by atoms with van der Waals surface area (Å²) in [7, 11) is 0. The lowest BCUT2D eigenvalue weighted by molar-refractivity contribution is 0.669. The van der Waals surface area contributed by atoms with Crippen LogP contribution < -0.4 is 0 Å². The lowest BCUT2D eigenvalue weighted by atomic mass is 9.92. The molecule has 1 aliphatic carbocycles. The molecule has 0 radical (unpaired) electrons. The van der Waals surface area contributed by atoms with Crippen LogP contribution in [0.1, 0.15) is 81.2 Å². The number of rotatable bonds is 12. The second-order valence-electron chi connectivity index (χ2n) is 13.9. The Labute approximate surface area is 376 Å². The first-order valence-corrected chi connectivity index (χ1v) is 19.1. The van der Waals surface area contributed by atoms with Crippen molar-refractivity contribution in [3.8, 4) is 39.8 Å². The normalized spacial score (nSPS) is 19.7. The summed E-state index contributed by atoms with van der Waals surface area (Å²) >= 11 is 0. The predicted octanol–water partition coefficient (Wildman–Crippen LogP) is 12.5. The third-order valence-corrected chi connectivity index (χ3v) is 9.97. The maximum atomic E-state index is 9.73. The maximum absolute atomic E-state index is 9.73. The molecule has 0 atom stereocenters. The Morgan fingerprint density at radius 3 is 1.80 bits per heavy atom. The molecular weight excluding hydrogens is 733 g/mol. The molecule has 5 heteroatoms. The Bertz CT molecular complexity index is 3750. The van der Waals surface area contributed by atoms with E-state index in [1.54, 1.807) is 72.8 Å². The molecule has 0 saturated heterocycles. The molecule has 5 nitrogen and oxygen atoms in total. The maximum Gasteiger partial charge on any atom is 0.144 e. The molecular formula is C55H44N4O. The van der Waals surface area contributed by atoms with Crippen LogP contribution in [0.3, 0.4) is 0 Å². The van der Waals surface area contributed by atoms with Gasteiger partial charge in [0.25, 0.3) is 0 Å². The lowest BCUT2D eigenvalue weighted by Crippen LogP contribution is -2.03. The number of fused-ring (bicyclic) bond motifs is 4. The molecule has 0 aliphatic heterocycles. The van der Waals surface area contributed by atoms with Crippen LogP contribution >= 0.6 is 0 Å². The van der Waals surface area contributed by atoms with Crippen molar-refractivity contribution >= 4 is 21.9 Å². The van der Waals surface area contributed by atoms with Crippen LogP contribution in [-0.4, -0.2) is 15.0 Å². The van der Waals surface area contributed by atoms with E-state index in [4.69, 9.17) is 7.16 Å². The molecule has 0 fully saturated rings. The van der Waals surface area contributed by atoms with Gasteiger partial charge in [-0.3, -0.25) is 15.0 Å². The van der Waals surface area contributed by atoms with E-state index in [1.165, 1.54) is 36.4 Å². The summed E-state index contributed by atoms with van der Waals surface area (Å²) in [5, 5.41) is 10.3. The van der Waals surface area contributed by atoms with Gasteiger partial charge in [0, 0.05) is 68.0 Å². The van der Waals surface area contributed by atoms with Crippen LogP contribution in [-0.2, 0) is 51.0 Å². The lowest BCUT2D eigenvalue weighted by Gasteiger charge is -2.14. The average Bonchev–Trinajstić information content (AvgIpc) is 3.94. The fraction of sp³-hybridized carbons (Fsp3) is 0.164. The zero-order valence-corrected chi connectivity index (χ0v) is 31.8. The molecule has 0 unspecified atom stereocenters. The fourth-order valence-corrected chi connectivity index (χ4v) is 7.07. The number of nitriles is 1. The number of para-hydroxylation sites is 1. The van der Waals surface area contributed by atoms with Gasteiger partial charge in [0.2, 0.25) is 0 Å². The zero-order chi connectivity index (χ0) is 56.3. The van der Waals surface area contributed by atoms with Crippen molar-refractivity contribution in [1.82, 2.24) is 15.0 Å². The second kappa shape index (κ2) is 16.6. The number of aryl methyl sites for hydroxylation is 6. The van der Waals surface area contributed by atoms with Gasteiger partial charge in [0.15, 0.2) is 0 Å². The molecule has 10 rings (SSSR count). The Morgan fingerprint density at radius 1 is 0.600 bits per heavy atom. The Kier molecular flexibility index (Phi) is 6.16. The number of pyridine rings is 3. The average molecular weight is 795 g/mol. The summed E-state index contributed by atoms with van der Waals surface area (Å²) in [5.41, 5.74) is -2.79. The number of nitrogens with zero attached hydrogens (tertiary/aromatic N) is 4. The standard InChI is InChI=1S/C55H44N4O/c56-33-42-22-26-47-49-15-8-16-50(55(49)60-53(47)32-42)54-48-14-7-13-46(48)45(36-59-54)25-21-41-30-39(19-17-37-23-27-51(57-34-37)43-9-3-1-4-10-43)29-40(31-41)20-18-38-24-28-52(58-35-38)44-11-5-2-6-12-44/h1-6,8-12,15-16,22-24,26-32,34-36H,7,13-14,17-21,25H2/i13D2,14D2,17D2,18D2,19D2,20D2,21D2,22D,25D2,32D. The van der Waals surface area contributed by atoms with Crippen LogP contribution in [0, 0.1) is 11.3 Å². The number of furan rings is 1. The molecule has 9 aromatic rings. The molecule has 0 saturated carbocycles. The second-order valence-corrected chi connectivity index (χ2v) is 13.9. The topological polar surface area (TPSA) is 75.6 Å². The van der Waals surface area contributed by atoms with E-state index in [0.717, 1.165) is 36.8 Å². The van der Waals surface area contributed by atoms with Gasteiger partial charge >= 0.3 is 0 Å². The van der Waals surface area contributed by atoms with Gasteiger partial charge in [-0.2, -0.15) is 5.26 Å². The smallest absolute Gasteiger partial charge is 0.144 e. The van der Waals surface area contributed by atoms with Crippen molar-refractivity contribution in [1.29, 1.82) is 5.26 Å². The van der Waals surface area contributed by atoms with Gasteiger partial charge in [-0.15, -0.1) is 0 Å². The van der Waals surface area contributed by atoms with Crippen LogP contribution in [0.15, 0.2) is 162 Å². The fourth-order valence-electron chi connectivity index (χ4n) is 7.07. The summed E-state index contributed by atoms with van der Waals surface area (Å²) in [5.74, 6) is 0. The molecule has 5 aromatic carbocycles. The largest absolute Gasteiger partial charge is 0.455 e. The first kappa shape index (κ1) is 22.3. The molecule has 0 N–H and O–H groups in total. The summed E-state index contributed by atoms with van der Waals surface area (Å²) in [6, 6.07) is 33.2. The SMILES string of the molecule is [2H]c1cc2c(oc3c(-c4ncc(C([2H])([2H])C([2H])([2H])c5cc(C([2H])([2H])C([2H])([2H])c6ccc(-c7ccccc7)nc6)cc(C([2H])([2H])C([2H])([2H])c6ccc(-c7ccccc7)nc6)c5)c5c4C([2H])([2H])CC5([2H])[2H])cccc32)c([2H])c1C#N. The highest BCUT2D eigenvalue weighted by Crippen LogP contribution is 2.40. The van der Waals surface area contributed by atoms with Crippen molar-refractivity contribution < 1.29 is 29.1 Å². The van der Waals surface area contributed by atoms with Crippen molar-refractivity contribution in [2.75, 3.05) is 0 Å². The van der Waals surface area contributed by atoms with E-state index in [0.29, 0.717) is 27.9 Å². The van der Waals surface area contributed by atoms with Gasteiger partial charge in [-0.1, -0.05) is 103 Å². The number of hydrogen-bond donors (Lipinski definition) is 0. The molecule has 290 valence electrons. The zero-order valence-electron chi connectivity index (χ0n) is 49.8. The van der Waals surface area contributed by atoms with Crippen molar-refractivity contribution in [2.24, 2.45) is 0 Å². The molecule has 0 spiro atoms. The van der Waals surface area contributed by atoms with E-state index in [-0.39, 0.29) is 56.6 Å². The molecule has 0 bridgehead atoms. The number of aromatic nitrogens is 3. The quantitative estimate of drug-likeness (QED) is 0.123. The highest BCUT2D eigenvalue weighted by molar-refractivity contribution is 6.09. The van der Waals surface area contributed by atoms with Gasteiger partial charge in [0.05, 0.1) is 31.5 Å². The Hall–Kier alpha value is -7.16. The number of benzene rings is 5. The van der Waals surface area contributed by atoms with Crippen molar-refractivity contribution in [3.63, 3.8) is 0 Å². The van der Waals surface area contributed by atoms with Crippen molar-refractivity contribution in [2.45, 2.75) is 57.4 Å². The van der Waals surface area contributed by atoms with E-state index in [2.05, 4.69) is 15.0 Å². The monoisotopic (exact) mass is 794 g/mol. The summed E-state index contributed by atoms with van der Waals surface area (Å²) in [6.07, 6.45) is -22.6. The third kappa shape index (κ3) is 7.73. The molecule has 60 heavy (non-hydrogen) atoms. The van der Waals surface area contributed by atoms with Crippen molar-refractivity contribution in [3.05, 3.63) is 208 Å².